The average Bonchev–Trinajstić information content (AvgIpc) is 2.43. The number of methoxy groups -OCH3 is 1. The van der Waals surface area contributed by atoms with Gasteiger partial charge in [-0.3, -0.25) is 4.90 Å². The Bertz CT molecular complexity index is 410. The van der Waals surface area contributed by atoms with Crippen LogP contribution >= 0.6 is 0 Å². The molecule has 3 atom stereocenters. The molecule has 0 aromatic heterocycles. The van der Waals surface area contributed by atoms with Crippen molar-refractivity contribution in [3.8, 4) is 5.75 Å². The maximum absolute atomic E-state index is 10.3. The second kappa shape index (κ2) is 6.37. The fourth-order valence-corrected chi connectivity index (χ4v) is 2.58. The number of hydrogen-bond donors (Lipinski definition) is 2. The third-order valence-electron chi connectivity index (χ3n) is 3.85. The van der Waals surface area contributed by atoms with Gasteiger partial charge in [0, 0.05) is 19.6 Å². The van der Waals surface area contributed by atoms with Gasteiger partial charge < -0.3 is 14.9 Å². The number of ether oxygens (including phenoxy) is 1. The van der Waals surface area contributed by atoms with Crippen molar-refractivity contribution < 1.29 is 14.9 Å². The van der Waals surface area contributed by atoms with Gasteiger partial charge in [-0.1, -0.05) is 19.1 Å². The summed E-state index contributed by atoms with van der Waals surface area (Å²) >= 11 is 0. The van der Waals surface area contributed by atoms with Gasteiger partial charge in [0.05, 0.1) is 19.3 Å². The maximum atomic E-state index is 10.3. The molecule has 1 aromatic carbocycles. The summed E-state index contributed by atoms with van der Waals surface area (Å²) in [5.74, 6) is 1.03. The van der Waals surface area contributed by atoms with E-state index in [-0.39, 0.29) is 12.0 Å². The molecule has 4 heteroatoms. The summed E-state index contributed by atoms with van der Waals surface area (Å²) < 4.78 is 5.17. The lowest BCUT2D eigenvalue weighted by Gasteiger charge is -2.35. The molecule has 2 rings (SSSR count). The van der Waals surface area contributed by atoms with E-state index in [1.807, 2.05) is 24.3 Å². The minimum atomic E-state index is -0.516. The topological polar surface area (TPSA) is 52.9 Å². The predicted octanol–water partition coefficient (Wildman–Crippen LogP) is 1.43. The molecule has 1 aliphatic rings. The molecule has 3 unspecified atom stereocenters. The van der Waals surface area contributed by atoms with E-state index in [4.69, 9.17) is 4.74 Å². The Labute approximate surface area is 114 Å². The summed E-state index contributed by atoms with van der Waals surface area (Å²) in [6.07, 6.45) is 0.0641. The molecule has 1 heterocycles. The van der Waals surface area contributed by atoms with Crippen LogP contribution in [0.1, 0.15) is 25.0 Å². The molecule has 0 saturated carbocycles. The van der Waals surface area contributed by atoms with Gasteiger partial charge >= 0.3 is 0 Å². The molecule has 0 spiro atoms. The van der Waals surface area contributed by atoms with Gasteiger partial charge in [-0.25, -0.2) is 0 Å². The first-order valence-corrected chi connectivity index (χ1v) is 6.82. The van der Waals surface area contributed by atoms with Crippen molar-refractivity contribution in [2.24, 2.45) is 5.92 Å². The zero-order valence-corrected chi connectivity index (χ0v) is 11.6. The van der Waals surface area contributed by atoms with Crippen molar-refractivity contribution in [3.63, 3.8) is 0 Å². The number of β-amino-alcohol motifs (C(OH)–C–C–N with tert-alkyl or cyclic N) is 1. The Morgan fingerprint density at radius 2 is 2.26 bits per heavy atom. The third-order valence-corrected chi connectivity index (χ3v) is 3.85. The predicted molar refractivity (Wildman–Crippen MR) is 74.2 cm³/mol. The van der Waals surface area contributed by atoms with Crippen LogP contribution in [0.25, 0.3) is 0 Å². The van der Waals surface area contributed by atoms with Crippen LogP contribution in [0.3, 0.4) is 0 Å². The molecule has 4 nitrogen and oxygen atoms in total. The quantitative estimate of drug-likeness (QED) is 0.865. The van der Waals surface area contributed by atoms with Crippen LogP contribution in [0.15, 0.2) is 24.3 Å². The summed E-state index contributed by atoms with van der Waals surface area (Å²) in [5, 5.41) is 20.0. The van der Waals surface area contributed by atoms with Crippen LogP contribution in [-0.4, -0.2) is 48.0 Å². The lowest BCUT2D eigenvalue weighted by molar-refractivity contribution is 0.0147. The molecule has 1 aromatic rings. The van der Waals surface area contributed by atoms with E-state index in [1.165, 1.54) is 0 Å². The smallest absolute Gasteiger partial charge is 0.119 e. The third kappa shape index (κ3) is 3.69. The maximum Gasteiger partial charge on any atom is 0.119 e. The van der Waals surface area contributed by atoms with Crippen LogP contribution in [0.4, 0.5) is 0 Å². The van der Waals surface area contributed by atoms with Gasteiger partial charge in [-0.2, -0.15) is 0 Å². The molecule has 0 radical (unpaired) electrons. The van der Waals surface area contributed by atoms with E-state index in [9.17, 15) is 10.2 Å². The highest BCUT2D eigenvalue weighted by atomic mass is 16.5. The van der Waals surface area contributed by atoms with Crippen LogP contribution in [0.2, 0.25) is 0 Å². The molecule has 2 N–H and O–H groups in total. The zero-order valence-electron chi connectivity index (χ0n) is 11.6. The molecule has 0 bridgehead atoms. The Hall–Kier alpha value is -1.10. The number of likely N-dealkylation sites (tertiary alicyclic amines) is 1. The second-order valence-electron chi connectivity index (χ2n) is 5.39. The standard InChI is InChI=1S/C15H23NO3/c1-11-9-16(7-6-14(11)17)10-15(18)12-4-3-5-13(8-12)19-2/h3-5,8,11,14-15,17-18H,6-7,9-10H2,1-2H3. The number of hydrogen-bond acceptors (Lipinski definition) is 4. The lowest BCUT2D eigenvalue weighted by Crippen LogP contribution is -2.43. The van der Waals surface area contributed by atoms with Crippen LogP contribution in [0.5, 0.6) is 5.75 Å². The van der Waals surface area contributed by atoms with E-state index in [2.05, 4.69) is 11.8 Å². The number of rotatable bonds is 4. The first-order valence-electron chi connectivity index (χ1n) is 6.82. The van der Waals surface area contributed by atoms with Crippen molar-refractivity contribution >= 4 is 0 Å². The number of aliphatic hydroxyl groups is 2. The van der Waals surface area contributed by atoms with Crippen molar-refractivity contribution in [2.45, 2.75) is 25.6 Å². The number of nitrogens with zero attached hydrogens (tertiary/aromatic N) is 1. The monoisotopic (exact) mass is 265 g/mol. The Balaban J connectivity index is 1.95. The Morgan fingerprint density at radius 3 is 2.95 bits per heavy atom. The SMILES string of the molecule is COc1cccc(C(O)CN2CCC(O)C(C)C2)c1. The molecule has 0 amide bonds. The Kier molecular flexibility index (Phi) is 4.80. The van der Waals surface area contributed by atoms with Crippen molar-refractivity contribution in [3.05, 3.63) is 29.8 Å². The molecule has 19 heavy (non-hydrogen) atoms. The minimum Gasteiger partial charge on any atom is -0.497 e. The zero-order chi connectivity index (χ0) is 13.8. The number of aliphatic hydroxyl groups excluding tert-OH is 2. The van der Waals surface area contributed by atoms with Gasteiger partial charge in [0.1, 0.15) is 5.75 Å². The van der Waals surface area contributed by atoms with Gasteiger partial charge in [-0.15, -0.1) is 0 Å². The minimum absolute atomic E-state index is 0.204. The summed E-state index contributed by atoms with van der Waals surface area (Å²) in [7, 11) is 1.62. The number of benzene rings is 1. The summed E-state index contributed by atoms with van der Waals surface area (Å²) in [6.45, 7) is 4.33. The molecular formula is C15H23NO3. The van der Waals surface area contributed by atoms with Gasteiger partial charge in [0.25, 0.3) is 0 Å². The van der Waals surface area contributed by atoms with Crippen molar-refractivity contribution in [2.75, 3.05) is 26.7 Å². The first-order chi connectivity index (χ1) is 9.10. The summed E-state index contributed by atoms with van der Waals surface area (Å²) in [6, 6.07) is 7.54. The molecule has 106 valence electrons. The van der Waals surface area contributed by atoms with Crippen molar-refractivity contribution in [1.29, 1.82) is 0 Å². The summed E-state index contributed by atoms with van der Waals surface area (Å²) in [5.41, 5.74) is 0.873. The Morgan fingerprint density at radius 1 is 1.47 bits per heavy atom. The van der Waals surface area contributed by atoms with E-state index in [0.29, 0.717) is 6.54 Å². The van der Waals surface area contributed by atoms with Gasteiger partial charge in [0.2, 0.25) is 0 Å². The summed E-state index contributed by atoms with van der Waals surface area (Å²) in [4.78, 5) is 2.21. The van der Waals surface area contributed by atoms with Gasteiger partial charge in [0.15, 0.2) is 0 Å². The first kappa shape index (κ1) is 14.3. The average molecular weight is 265 g/mol. The highest BCUT2D eigenvalue weighted by Gasteiger charge is 2.25. The van der Waals surface area contributed by atoms with Crippen LogP contribution < -0.4 is 4.74 Å². The van der Waals surface area contributed by atoms with Crippen LogP contribution in [-0.2, 0) is 0 Å². The van der Waals surface area contributed by atoms with Crippen molar-refractivity contribution in [1.82, 2.24) is 4.90 Å². The van der Waals surface area contributed by atoms with Crippen LogP contribution in [0, 0.1) is 5.92 Å². The fraction of sp³-hybridized carbons (Fsp3) is 0.600. The van der Waals surface area contributed by atoms with E-state index in [1.54, 1.807) is 7.11 Å². The second-order valence-corrected chi connectivity index (χ2v) is 5.39. The highest BCUT2D eigenvalue weighted by molar-refractivity contribution is 5.29. The highest BCUT2D eigenvalue weighted by Crippen LogP contribution is 2.22. The molecule has 1 saturated heterocycles. The molecule has 0 aliphatic carbocycles. The molecular weight excluding hydrogens is 242 g/mol. The van der Waals surface area contributed by atoms with E-state index >= 15 is 0 Å². The lowest BCUT2D eigenvalue weighted by atomic mass is 9.96. The molecule has 1 aliphatic heterocycles. The molecule has 1 fully saturated rings. The number of piperidine rings is 1. The largest absolute Gasteiger partial charge is 0.497 e. The van der Waals surface area contributed by atoms with Gasteiger partial charge in [-0.05, 0) is 30.0 Å². The van der Waals surface area contributed by atoms with E-state index < -0.39 is 6.10 Å². The van der Waals surface area contributed by atoms with E-state index in [0.717, 1.165) is 30.8 Å². The normalized spacial score (nSPS) is 26.1. The fourth-order valence-electron chi connectivity index (χ4n) is 2.58.